The van der Waals surface area contributed by atoms with Crippen LogP contribution in [0.15, 0.2) is 0 Å². The summed E-state index contributed by atoms with van der Waals surface area (Å²) in [5.41, 5.74) is 0. The Bertz CT molecular complexity index is 354. The fourth-order valence-corrected chi connectivity index (χ4v) is 4.55. The Morgan fingerprint density at radius 1 is 1.37 bits per heavy atom. The number of hydrogen-bond donors (Lipinski definition) is 0. The van der Waals surface area contributed by atoms with Gasteiger partial charge in [-0.15, -0.1) is 11.6 Å². The van der Waals surface area contributed by atoms with E-state index in [1.165, 1.54) is 0 Å². The molecule has 0 aliphatic carbocycles. The summed E-state index contributed by atoms with van der Waals surface area (Å²) < 4.78 is 26.1. The third kappa shape index (κ3) is 5.21. The maximum absolute atomic E-state index is 12.3. The van der Waals surface area contributed by atoms with Gasteiger partial charge in [-0.2, -0.15) is 0 Å². The van der Waals surface area contributed by atoms with E-state index in [0.717, 1.165) is 38.9 Å². The second kappa shape index (κ2) is 7.81. The van der Waals surface area contributed by atoms with Gasteiger partial charge in [-0.25, -0.2) is 12.7 Å². The minimum Gasteiger partial charge on any atom is -0.303 e. The number of sulfonamides is 1. The molecule has 1 heterocycles. The highest BCUT2D eigenvalue weighted by Gasteiger charge is 2.30. The van der Waals surface area contributed by atoms with Crippen molar-refractivity contribution in [1.29, 1.82) is 0 Å². The van der Waals surface area contributed by atoms with Gasteiger partial charge in [0.25, 0.3) is 0 Å². The molecular formula is C13H27ClN2O2S. The monoisotopic (exact) mass is 310 g/mol. The van der Waals surface area contributed by atoms with E-state index >= 15 is 0 Å². The topological polar surface area (TPSA) is 40.6 Å². The van der Waals surface area contributed by atoms with Gasteiger partial charge in [-0.3, -0.25) is 0 Å². The smallest absolute Gasteiger partial charge is 0.214 e. The predicted octanol–water partition coefficient (Wildman–Crippen LogP) is 2.00. The third-order valence-corrected chi connectivity index (χ3v) is 6.50. The number of rotatable bonds is 7. The van der Waals surface area contributed by atoms with E-state index in [4.69, 9.17) is 11.6 Å². The Morgan fingerprint density at radius 3 is 2.42 bits per heavy atom. The van der Waals surface area contributed by atoms with E-state index < -0.39 is 10.0 Å². The molecule has 0 aromatic heterocycles. The molecular weight excluding hydrogens is 284 g/mol. The van der Waals surface area contributed by atoms with Crippen molar-refractivity contribution in [3.63, 3.8) is 0 Å². The van der Waals surface area contributed by atoms with Crippen LogP contribution in [0.3, 0.4) is 0 Å². The van der Waals surface area contributed by atoms with Gasteiger partial charge in [-0.1, -0.05) is 13.8 Å². The third-order valence-electron chi connectivity index (χ3n) is 3.81. The molecule has 1 rings (SSSR count). The molecule has 0 N–H and O–H groups in total. The Balaban J connectivity index is 2.52. The van der Waals surface area contributed by atoms with E-state index in [1.54, 1.807) is 11.4 Å². The largest absolute Gasteiger partial charge is 0.303 e. The highest BCUT2D eigenvalue weighted by atomic mass is 35.5. The molecule has 1 fully saturated rings. The number of piperidine rings is 1. The molecule has 0 bridgehead atoms. The molecule has 1 atom stereocenters. The van der Waals surface area contributed by atoms with Crippen molar-refractivity contribution in [2.45, 2.75) is 39.2 Å². The van der Waals surface area contributed by atoms with Crippen LogP contribution in [0.5, 0.6) is 0 Å². The van der Waals surface area contributed by atoms with Crippen molar-refractivity contribution >= 4 is 21.6 Å². The van der Waals surface area contributed by atoms with Crippen molar-refractivity contribution in [1.82, 2.24) is 9.21 Å². The summed E-state index contributed by atoms with van der Waals surface area (Å²) in [6.45, 7) is 7.18. The van der Waals surface area contributed by atoms with E-state index in [2.05, 4.69) is 11.8 Å². The van der Waals surface area contributed by atoms with Gasteiger partial charge in [0.2, 0.25) is 10.0 Å². The molecule has 1 aliphatic heterocycles. The van der Waals surface area contributed by atoms with Crippen LogP contribution >= 0.6 is 11.6 Å². The molecule has 0 aromatic rings. The van der Waals surface area contributed by atoms with E-state index in [9.17, 15) is 8.42 Å². The summed E-state index contributed by atoms with van der Waals surface area (Å²) in [7, 11) is -1.45. The molecule has 1 unspecified atom stereocenters. The maximum Gasteiger partial charge on any atom is 0.214 e. The summed E-state index contributed by atoms with van der Waals surface area (Å²) >= 11 is 5.71. The molecule has 1 saturated heterocycles. The van der Waals surface area contributed by atoms with Crippen LogP contribution in [0.1, 0.15) is 33.1 Å². The van der Waals surface area contributed by atoms with Crippen LogP contribution in [0.2, 0.25) is 0 Å². The molecule has 0 saturated carbocycles. The molecule has 6 heteroatoms. The Morgan fingerprint density at radius 2 is 1.95 bits per heavy atom. The minimum absolute atomic E-state index is 0.00861. The van der Waals surface area contributed by atoms with Crippen LogP contribution in [-0.2, 0) is 10.0 Å². The van der Waals surface area contributed by atoms with Crippen molar-refractivity contribution in [2.24, 2.45) is 5.92 Å². The van der Waals surface area contributed by atoms with Gasteiger partial charge in [0, 0.05) is 19.0 Å². The molecule has 1 aliphatic rings. The second-order valence-electron chi connectivity index (χ2n) is 5.63. The lowest BCUT2D eigenvalue weighted by atomic mass is 10.1. The highest BCUT2D eigenvalue weighted by molar-refractivity contribution is 7.89. The van der Waals surface area contributed by atoms with Gasteiger partial charge in [-0.05, 0) is 44.8 Å². The molecule has 0 aromatic carbocycles. The fraction of sp³-hybridized carbons (Fsp3) is 1.00. The Kier molecular flexibility index (Phi) is 7.08. The van der Waals surface area contributed by atoms with Crippen molar-refractivity contribution in [3.05, 3.63) is 0 Å². The van der Waals surface area contributed by atoms with Crippen LogP contribution in [-0.4, -0.2) is 62.0 Å². The second-order valence-corrected chi connectivity index (χ2v) is 8.01. The van der Waals surface area contributed by atoms with E-state index in [1.807, 2.05) is 6.92 Å². The number of likely N-dealkylation sites (tertiary alicyclic amines) is 1. The fourth-order valence-electron chi connectivity index (χ4n) is 2.57. The Labute approximate surface area is 123 Å². The number of halogens is 1. The quantitative estimate of drug-likeness (QED) is 0.675. The zero-order chi connectivity index (χ0) is 14.5. The molecule has 0 spiro atoms. The summed E-state index contributed by atoms with van der Waals surface area (Å²) in [5, 5.41) is 0. The standard InChI is InChI=1S/C13H27ClN2O2S/c1-4-7-16-8-5-13(6-9-16)15(3)19(17,18)11-12(2)10-14/h12-13H,4-11H2,1-3H3. The van der Waals surface area contributed by atoms with Crippen LogP contribution in [0.4, 0.5) is 0 Å². The van der Waals surface area contributed by atoms with Crippen LogP contribution < -0.4 is 0 Å². The van der Waals surface area contributed by atoms with E-state index in [-0.39, 0.29) is 17.7 Å². The first kappa shape index (κ1) is 17.2. The number of nitrogens with zero attached hydrogens (tertiary/aromatic N) is 2. The predicted molar refractivity (Wildman–Crippen MR) is 81.2 cm³/mol. The summed E-state index contributed by atoms with van der Waals surface area (Å²) in [6, 6.07) is 0.153. The zero-order valence-corrected chi connectivity index (χ0v) is 13.9. The van der Waals surface area contributed by atoms with Crippen LogP contribution in [0.25, 0.3) is 0 Å². The molecule has 19 heavy (non-hydrogen) atoms. The lowest BCUT2D eigenvalue weighted by molar-refractivity contribution is 0.170. The molecule has 0 amide bonds. The van der Waals surface area contributed by atoms with Gasteiger partial charge >= 0.3 is 0 Å². The zero-order valence-electron chi connectivity index (χ0n) is 12.3. The first-order valence-electron chi connectivity index (χ1n) is 7.14. The summed E-state index contributed by atoms with van der Waals surface area (Å²) in [4.78, 5) is 2.42. The number of hydrogen-bond acceptors (Lipinski definition) is 3. The van der Waals surface area contributed by atoms with Gasteiger partial charge < -0.3 is 4.90 Å². The Hall–Kier alpha value is 0.160. The van der Waals surface area contributed by atoms with E-state index in [0.29, 0.717) is 5.88 Å². The average molecular weight is 311 g/mol. The van der Waals surface area contributed by atoms with Gasteiger partial charge in [0.05, 0.1) is 5.75 Å². The van der Waals surface area contributed by atoms with Crippen molar-refractivity contribution in [2.75, 3.05) is 38.3 Å². The van der Waals surface area contributed by atoms with Crippen LogP contribution in [0, 0.1) is 5.92 Å². The first-order valence-corrected chi connectivity index (χ1v) is 9.29. The molecule has 0 radical (unpaired) electrons. The summed E-state index contributed by atoms with van der Waals surface area (Å²) in [5.74, 6) is 0.554. The van der Waals surface area contributed by atoms with Gasteiger partial charge in [0.1, 0.15) is 0 Å². The average Bonchev–Trinajstić information content (AvgIpc) is 2.38. The molecule has 4 nitrogen and oxygen atoms in total. The lowest BCUT2D eigenvalue weighted by Gasteiger charge is -2.36. The van der Waals surface area contributed by atoms with Crippen molar-refractivity contribution in [3.8, 4) is 0 Å². The maximum atomic E-state index is 12.3. The SMILES string of the molecule is CCCN1CCC(N(C)S(=O)(=O)CC(C)CCl)CC1. The lowest BCUT2D eigenvalue weighted by Crippen LogP contribution is -2.46. The van der Waals surface area contributed by atoms with Crippen molar-refractivity contribution < 1.29 is 8.42 Å². The number of alkyl halides is 1. The molecule has 114 valence electrons. The highest BCUT2D eigenvalue weighted by Crippen LogP contribution is 2.19. The van der Waals surface area contributed by atoms with Gasteiger partial charge in [0.15, 0.2) is 0 Å². The first-order chi connectivity index (χ1) is 8.90. The summed E-state index contributed by atoms with van der Waals surface area (Å²) in [6.07, 6.45) is 3.03. The minimum atomic E-state index is -3.17. The normalized spacial score (nSPS) is 20.9.